The average Bonchev–Trinajstić information content (AvgIpc) is 3.19. The molecule has 0 aliphatic carbocycles. The number of aryl methyl sites for hydroxylation is 1. The van der Waals surface area contributed by atoms with Crippen LogP contribution in [0.25, 0.3) is 17.2 Å². The minimum atomic E-state index is -0.500. The second-order valence-corrected chi connectivity index (χ2v) is 6.24. The first kappa shape index (κ1) is 14.3. The van der Waals surface area contributed by atoms with E-state index in [1.807, 2.05) is 12.2 Å². The maximum absolute atomic E-state index is 6.00. The molecule has 1 atom stereocenters. The van der Waals surface area contributed by atoms with Crippen LogP contribution in [0.5, 0.6) is 0 Å². The van der Waals surface area contributed by atoms with Crippen molar-refractivity contribution in [1.82, 2.24) is 0 Å². The minimum Gasteiger partial charge on any atom is -0.459 e. The minimum absolute atomic E-state index is 0.500. The van der Waals surface area contributed by atoms with Gasteiger partial charge in [0.05, 0.1) is 6.61 Å². The van der Waals surface area contributed by atoms with Gasteiger partial charge in [0, 0.05) is 6.42 Å². The highest BCUT2D eigenvalue weighted by Crippen LogP contribution is 2.36. The van der Waals surface area contributed by atoms with Crippen molar-refractivity contribution in [3.8, 4) is 11.1 Å². The number of allylic oxidation sites excluding steroid dienone is 1. The first-order valence-corrected chi connectivity index (χ1v) is 8.14. The summed E-state index contributed by atoms with van der Waals surface area (Å²) in [6.07, 6.45) is 8.12. The maximum Gasteiger partial charge on any atom is 0.230 e. The summed E-state index contributed by atoms with van der Waals surface area (Å²) in [4.78, 5) is 0. The summed E-state index contributed by atoms with van der Waals surface area (Å²) in [7, 11) is 0. The van der Waals surface area contributed by atoms with E-state index in [2.05, 4.69) is 61.5 Å². The molecule has 2 nitrogen and oxygen atoms in total. The van der Waals surface area contributed by atoms with E-state index in [1.165, 1.54) is 16.7 Å². The van der Waals surface area contributed by atoms with E-state index in [0.29, 0.717) is 0 Å². The Bertz CT molecular complexity index is 763. The smallest absolute Gasteiger partial charge is 0.230 e. The van der Waals surface area contributed by atoms with Crippen molar-refractivity contribution in [2.24, 2.45) is 0 Å². The molecule has 0 amide bonds. The van der Waals surface area contributed by atoms with E-state index in [4.69, 9.17) is 9.47 Å². The van der Waals surface area contributed by atoms with Crippen LogP contribution in [-0.4, -0.2) is 12.4 Å². The molecule has 1 saturated heterocycles. The summed E-state index contributed by atoms with van der Waals surface area (Å²) in [5.74, 6) is 0.369. The van der Waals surface area contributed by atoms with Gasteiger partial charge >= 0.3 is 0 Å². The number of rotatable bonds is 2. The average molecular weight is 304 g/mol. The van der Waals surface area contributed by atoms with E-state index in [1.54, 1.807) is 0 Å². The van der Waals surface area contributed by atoms with E-state index in [9.17, 15) is 0 Å². The molecule has 116 valence electrons. The predicted molar refractivity (Wildman–Crippen MR) is 92.7 cm³/mol. The molecule has 2 heterocycles. The Kier molecular flexibility index (Phi) is 3.55. The summed E-state index contributed by atoms with van der Waals surface area (Å²) in [6, 6.07) is 17.1. The zero-order chi connectivity index (χ0) is 15.7. The number of hydrogen-bond acceptors (Lipinski definition) is 2. The lowest BCUT2D eigenvalue weighted by Gasteiger charge is -2.20. The van der Waals surface area contributed by atoms with Gasteiger partial charge in [0.2, 0.25) is 5.79 Å². The lowest BCUT2D eigenvalue weighted by Crippen LogP contribution is -2.24. The van der Waals surface area contributed by atoms with E-state index in [-0.39, 0.29) is 0 Å². The van der Waals surface area contributed by atoms with Crippen LogP contribution in [-0.2, 0) is 9.47 Å². The second-order valence-electron chi connectivity index (χ2n) is 6.24. The molecule has 0 radical (unpaired) electrons. The summed E-state index contributed by atoms with van der Waals surface area (Å²) >= 11 is 0. The van der Waals surface area contributed by atoms with Crippen LogP contribution in [0.3, 0.4) is 0 Å². The van der Waals surface area contributed by atoms with Crippen molar-refractivity contribution in [3.05, 3.63) is 77.6 Å². The van der Waals surface area contributed by atoms with Gasteiger partial charge < -0.3 is 9.47 Å². The lowest BCUT2D eigenvalue weighted by atomic mass is 10.0. The van der Waals surface area contributed by atoms with Crippen molar-refractivity contribution in [1.29, 1.82) is 0 Å². The monoisotopic (exact) mass is 304 g/mol. The highest BCUT2D eigenvalue weighted by atomic mass is 16.7. The summed E-state index contributed by atoms with van der Waals surface area (Å²) in [5, 5.41) is 0. The zero-order valence-corrected chi connectivity index (χ0v) is 13.3. The molecule has 2 aromatic rings. The topological polar surface area (TPSA) is 18.5 Å². The van der Waals surface area contributed by atoms with E-state index < -0.39 is 5.79 Å². The molecule has 0 aromatic heterocycles. The normalized spacial score (nSPS) is 24.5. The number of benzene rings is 2. The molecule has 2 aliphatic rings. The lowest BCUT2D eigenvalue weighted by molar-refractivity contribution is -0.135. The largest absolute Gasteiger partial charge is 0.459 e. The van der Waals surface area contributed by atoms with Gasteiger partial charge in [-0.2, -0.15) is 0 Å². The van der Waals surface area contributed by atoms with Crippen molar-refractivity contribution in [2.75, 3.05) is 6.61 Å². The molecular weight excluding hydrogens is 284 g/mol. The fourth-order valence-corrected chi connectivity index (χ4v) is 3.12. The number of hydrogen-bond donors (Lipinski definition) is 0. The Morgan fingerprint density at radius 3 is 2.70 bits per heavy atom. The van der Waals surface area contributed by atoms with Gasteiger partial charge in [-0.15, -0.1) is 0 Å². The fourth-order valence-electron chi connectivity index (χ4n) is 3.12. The van der Waals surface area contributed by atoms with Crippen LogP contribution in [0.15, 0.2) is 66.4 Å². The predicted octanol–water partition coefficient (Wildman–Crippen LogP) is 5.10. The third kappa shape index (κ3) is 2.95. The molecule has 4 rings (SSSR count). The molecule has 1 spiro atoms. The quantitative estimate of drug-likeness (QED) is 0.769. The molecule has 2 aromatic carbocycles. The maximum atomic E-state index is 6.00. The highest BCUT2D eigenvalue weighted by molar-refractivity contribution is 5.68. The van der Waals surface area contributed by atoms with E-state index >= 15 is 0 Å². The summed E-state index contributed by atoms with van der Waals surface area (Å²) < 4.78 is 11.7. The fraction of sp³-hybridized carbons (Fsp3) is 0.238. The molecular formula is C21H20O2. The Balaban J connectivity index is 1.59. The molecule has 2 heteroatoms. The Morgan fingerprint density at radius 2 is 1.91 bits per heavy atom. The highest BCUT2D eigenvalue weighted by Gasteiger charge is 2.38. The van der Waals surface area contributed by atoms with Gasteiger partial charge in [0.15, 0.2) is 0 Å². The van der Waals surface area contributed by atoms with Crippen molar-refractivity contribution in [2.45, 2.75) is 25.6 Å². The second kappa shape index (κ2) is 5.71. The van der Waals surface area contributed by atoms with Crippen molar-refractivity contribution >= 4 is 6.08 Å². The molecule has 2 aliphatic heterocycles. The first-order valence-electron chi connectivity index (χ1n) is 8.14. The zero-order valence-electron chi connectivity index (χ0n) is 13.3. The summed E-state index contributed by atoms with van der Waals surface area (Å²) in [5.41, 5.74) is 4.86. The molecule has 0 N–H and O–H groups in total. The molecule has 0 bridgehead atoms. The van der Waals surface area contributed by atoms with Crippen molar-refractivity contribution < 1.29 is 9.47 Å². The number of ether oxygens (including phenoxy) is 2. The third-order valence-electron chi connectivity index (χ3n) is 4.39. The molecule has 1 unspecified atom stereocenters. The van der Waals surface area contributed by atoms with Gasteiger partial charge in [0.1, 0.15) is 5.76 Å². The first-order chi connectivity index (χ1) is 11.2. The summed E-state index contributed by atoms with van der Waals surface area (Å²) in [6.45, 7) is 2.88. The molecule has 1 fully saturated rings. The van der Waals surface area contributed by atoms with Crippen LogP contribution in [0.1, 0.15) is 24.0 Å². The molecule has 23 heavy (non-hydrogen) atoms. The Labute approximate surface area is 137 Å². The van der Waals surface area contributed by atoms with Crippen molar-refractivity contribution in [3.63, 3.8) is 0 Å². The SMILES string of the molecule is Cc1ccc(-c2cccc(/C=C3\C=CC4(CCCO4)O3)c2)cc1. The van der Waals surface area contributed by atoms with Gasteiger partial charge in [-0.3, -0.25) is 0 Å². The molecule has 0 saturated carbocycles. The third-order valence-corrected chi connectivity index (χ3v) is 4.39. The van der Waals surface area contributed by atoms with Crippen LogP contribution in [0, 0.1) is 6.92 Å². The van der Waals surface area contributed by atoms with Crippen LogP contribution >= 0.6 is 0 Å². The van der Waals surface area contributed by atoms with Gasteiger partial charge in [-0.1, -0.05) is 48.0 Å². The van der Waals surface area contributed by atoms with E-state index in [0.717, 1.165) is 30.8 Å². The Hall–Kier alpha value is -2.32. The van der Waals surface area contributed by atoms with Crippen LogP contribution < -0.4 is 0 Å². The van der Waals surface area contributed by atoms with Gasteiger partial charge in [0.25, 0.3) is 0 Å². The van der Waals surface area contributed by atoms with Gasteiger partial charge in [-0.25, -0.2) is 0 Å². The Morgan fingerprint density at radius 1 is 1.04 bits per heavy atom. The van der Waals surface area contributed by atoms with Gasteiger partial charge in [-0.05, 0) is 54.3 Å². The van der Waals surface area contributed by atoms with Crippen LogP contribution in [0.4, 0.5) is 0 Å². The van der Waals surface area contributed by atoms with Crippen LogP contribution in [0.2, 0.25) is 0 Å². The standard InChI is InChI=1S/C21H20O2/c1-16-6-8-18(9-7-16)19-5-2-4-17(14-19)15-20-10-12-21(23-20)11-3-13-22-21/h2,4-10,12,14-15H,3,11,13H2,1H3/b20-15+.